The first-order chi connectivity index (χ1) is 12.0. The van der Waals surface area contributed by atoms with E-state index in [1.54, 1.807) is 18.2 Å². The lowest BCUT2D eigenvalue weighted by atomic mass is 9.82. The summed E-state index contributed by atoms with van der Waals surface area (Å²) in [4.78, 5) is 12.4. The molecule has 2 aromatic carbocycles. The van der Waals surface area contributed by atoms with Gasteiger partial charge in [0.25, 0.3) is 0 Å². The van der Waals surface area contributed by atoms with E-state index < -0.39 is 0 Å². The van der Waals surface area contributed by atoms with Crippen LogP contribution >= 0.6 is 23.2 Å². The van der Waals surface area contributed by atoms with E-state index in [9.17, 15) is 4.79 Å². The van der Waals surface area contributed by atoms with Crippen molar-refractivity contribution in [3.63, 3.8) is 0 Å². The standard InChI is InChI=1S/C20H21Cl2NO2/c1-13-2-4-14(5-3-13)20(24)23-16-7-9-17(10-8-16)25-19-11-6-15(21)12-18(19)22/h6-14H,2-5H2,1H3,(H,23,24). The molecule has 3 nitrogen and oxygen atoms in total. The van der Waals surface area contributed by atoms with Crippen LogP contribution in [0.5, 0.6) is 11.5 Å². The molecule has 0 unspecified atom stereocenters. The fourth-order valence-corrected chi connectivity index (χ4v) is 3.50. The van der Waals surface area contributed by atoms with Gasteiger partial charge < -0.3 is 10.1 Å². The molecule has 1 fully saturated rings. The first-order valence-corrected chi connectivity index (χ1v) is 9.30. The number of halogens is 2. The number of hydrogen-bond acceptors (Lipinski definition) is 2. The number of carbonyl (C=O) groups excluding carboxylic acids is 1. The second kappa shape index (κ2) is 8.11. The van der Waals surface area contributed by atoms with Gasteiger partial charge in [0, 0.05) is 16.6 Å². The van der Waals surface area contributed by atoms with Gasteiger partial charge in [0.05, 0.1) is 5.02 Å². The third kappa shape index (κ3) is 4.90. The van der Waals surface area contributed by atoms with Crippen molar-refractivity contribution in [2.24, 2.45) is 11.8 Å². The van der Waals surface area contributed by atoms with Crippen LogP contribution in [0.25, 0.3) is 0 Å². The van der Waals surface area contributed by atoms with Crippen LogP contribution in [0.1, 0.15) is 32.6 Å². The van der Waals surface area contributed by atoms with Crippen molar-refractivity contribution in [2.45, 2.75) is 32.6 Å². The Morgan fingerprint density at radius 2 is 1.72 bits per heavy atom. The molecule has 1 saturated carbocycles. The van der Waals surface area contributed by atoms with Gasteiger partial charge >= 0.3 is 0 Å². The molecule has 0 bridgehead atoms. The zero-order valence-corrected chi connectivity index (χ0v) is 15.6. The molecular weight excluding hydrogens is 357 g/mol. The van der Waals surface area contributed by atoms with E-state index in [0.29, 0.717) is 21.5 Å². The van der Waals surface area contributed by atoms with Crippen molar-refractivity contribution in [1.82, 2.24) is 0 Å². The minimum atomic E-state index is 0.112. The van der Waals surface area contributed by atoms with Gasteiger partial charge in [0.1, 0.15) is 11.5 Å². The molecule has 0 aromatic heterocycles. The Bertz CT molecular complexity index is 738. The van der Waals surface area contributed by atoms with Crippen LogP contribution in [0.15, 0.2) is 42.5 Å². The number of benzene rings is 2. The normalized spacial score (nSPS) is 20.1. The van der Waals surface area contributed by atoms with Gasteiger partial charge in [-0.15, -0.1) is 0 Å². The molecule has 1 aliphatic carbocycles. The fraction of sp³-hybridized carbons (Fsp3) is 0.350. The van der Waals surface area contributed by atoms with Gasteiger partial charge in [-0.25, -0.2) is 0 Å². The van der Waals surface area contributed by atoms with E-state index in [-0.39, 0.29) is 11.8 Å². The maximum absolute atomic E-state index is 12.4. The lowest BCUT2D eigenvalue weighted by Gasteiger charge is -2.25. The first-order valence-electron chi connectivity index (χ1n) is 8.55. The smallest absolute Gasteiger partial charge is 0.227 e. The fourth-order valence-electron chi connectivity index (χ4n) is 3.06. The van der Waals surface area contributed by atoms with E-state index in [2.05, 4.69) is 12.2 Å². The molecule has 0 saturated heterocycles. The monoisotopic (exact) mass is 377 g/mol. The largest absolute Gasteiger partial charge is 0.456 e. The third-order valence-corrected chi connectivity index (χ3v) is 5.16. The van der Waals surface area contributed by atoms with Crippen LogP contribution < -0.4 is 10.1 Å². The van der Waals surface area contributed by atoms with Gasteiger partial charge in [-0.3, -0.25) is 4.79 Å². The molecule has 2 aromatic rings. The molecule has 1 amide bonds. The zero-order chi connectivity index (χ0) is 17.8. The average molecular weight is 378 g/mol. The zero-order valence-electron chi connectivity index (χ0n) is 14.1. The molecule has 25 heavy (non-hydrogen) atoms. The molecule has 0 aliphatic heterocycles. The maximum atomic E-state index is 12.4. The number of anilines is 1. The van der Waals surface area contributed by atoms with Gasteiger partial charge in [-0.1, -0.05) is 30.1 Å². The quantitative estimate of drug-likeness (QED) is 0.655. The second-order valence-corrected chi connectivity index (χ2v) is 7.49. The Hall–Kier alpha value is -1.71. The van der Waals surface area contributed by atoms with Crippen molar-refractivity contribution in [1.29, 1.82) is 0 Å². The molecule has 5 heteroatoms. The molecule has 0 radical (unpaired) electrons. The van der Waals surface area contributed by atoms with Crippen LogP contribution in [0.3, 0.4) is 0 Å². The summed E-state index contributed by atoms with van der Waals surface area (Å²) in [5.41, 5.74) is 0.776. The topological polar surface area (TPSA) is 38.3 Å². The van der Waals surface area contributed by atoms with Gasteiger partial charge in [-0.2, -0.15) is 0 Å². The minimum Gasteiger partial charge on any atom is -0.456 e. The Morgan fingerprint density at radius 1 is 1.04 bits per heavy atom. The highest BCUT2D eigenvalue weighted by Crippen LogP contribution is 2.32. The molecule has 3 rings (SSSR count). The van der Waals surface area contributed by atoms with Crippen molar-refractivity contribution in [3.05, 3.63) is 52.5 Å². The lowest BCUT2D eigenvalue weighted by Crippen LogP contribution is -2.26. The molecule has 0 atom stereocenters. The Morgan fingerprint density at radius 3 is 2.36 bits per heavy atom. The summed E-state index contributed by atoms with van der Waals surface area (Å²) < 4.78 is 5.75. The van der Waals surface area contributed by atoms with Gasteiger partial charge in [-0.05, 0) is 74.1 Å². The van der Waals surface area contributed by atoms with E-state index in [1.165, 1.54) is 0 Å². The highest BCUT2D eigenvalue weighted by molar-refractivity contribution is 6.35. The highest BCUT2D eigenvalue weighted by atomic mass is 35.5. The SMILES string of the molecule is CC1CCC(C(=O)Nc2ccc(Oc3ccc(Cl)cc3Cl)cc2)CC1. The molecule has 132 valence electrons. The average Bonchev–Trinajstić information content (AvgIpc) is 2.59. The number of amides is 1. The molecule has 0 spiro atoms. The van der Waals surface area contributed by atoms with E-state index in [0.717, 1.165) is 37.3 Å². The summed E-state index contributed by atoms with van der Waals surface area (Å²) in [6, 6.07) is 12.4. The Labute approximate surface area is 158 Å². The molecular formula is C20H21Cl2NO2. The minimum absolute atomic E-state index is 0.112. The van der Waals surface area contributed by atoms with Crippen LogP contribution in [-0.4, -0.2) is 5.91 Å². The van der Waals surface area contributed by atoms with Crippen molar-refractivity contribution in [2.75, 3.05) is 5.32 Å². The predicted molar refractivity (Wildman–Crippen MR) is 103 cm³/mol. The Kier molecular flexibility index (Phi) is 5.87. The first kappa shape index (κ1) is 18.1. The van der Waals surface area contributed by atoms with Crippen LogP contribution in [0.2, 0.25) is 10.0 Å². The predicted octanol–water partition coefficient (Wildman–Crippen LogP) is 6.55. The summed E-state index contributed by atoms with van der Waals surface area (Å²) in [5.74, 6) is 2.16. The summed E-state index contributed by atoms with van der Waals surface area (Å²) in [6.45, 7) is 2.25. The molecule has 1 aliphatic rings. The molecule has 0 heterocycles. The van der Waals surface area contributed by atoms with E-state index in [1.807, 2.05) is 24.3 Å². The third-order valence-electron chi connectivity index (χ3n) is 4.63. The number of ether oxygens (including phenoxy) is 1. The van der Waals surface area contributed by atoms with E-state index >= 15 is 0 Å². The van der Waals surface area contributed by atoms with Crippen molar-refractivity contribution in [3.8, 4) is 11.5 Å². The summed E-state index contributed by atoms with van der Waals surface area (Å²) in [7, 11) is 0. The second-order valence-electron chi connectivity index (χ2n) is 6.65. The van der Waals surface area contributed by atoms with Gasteiger partial charge in [0.15, 0.2) is 0 Å². The van der Waals surface area contributed by atoms with Crippen LogP contribution in [-0.2, 0) is 4.79 Å². The molecule has 1 N–H and O–H groups in total. The summed E-state index contributed by atoms with van der Waals surface area (Å²) in [5, 5.41) is 4.02. The van der Waals surface area contributed by atoms with Gasteiger partial charge in [0.2, 0.25) is 5.91 Å². The number of rotatable bonds is 4. The van der Waals surface area contributed by atoms with Crippen molar-refractivity contribution >= 4 is 34.8 Å². The van der Waals surface area contributed by atoms with Crippen LogP contribution in [0, 0.1) is 11.8 Å². The number of nitrogens with one attached hydrogen (secondary N) is 1. The highest BCUT2D eigenvalue weighted by Gasteiger charge is 2.24. The Balaban J connectivity index is 1.59. The summed E-state index contributed by atoms with van der Waals surface area (Å²) in [6.07, 6.45) is 4.21. The number of carbonyl (C=O) groups is 1. The van der Waals surface area contributed by atoms with Crippen molar-refractivity contribution < 1.29 is 9.53 Å². The lowest BCUT2D eigenvalue weighted by molar-refractivity contribution is -0.121. The van der Waals surface area contributed by atoms with Crippen LogP contribution in [0.4, 0.5) is 5.69 Å². The maximum Gasteiger partial charge on any atom is 0.227 e. The van der Waals surface area contributed by atoms with E-state index in [4.69, 9.17) is 27.9 Å². The number of hydrogen-bond donors (Lipinski definition) is 1. The summed E-state index contributed by atoms with van der Waals surface area (Å²) >= 11 is 12.0.